The number of carbonyl (C=O) groups excluding carboxylic acids is 2. The zero-order chi connectivity index (χ0) is 27.2. The van der Waals surface area contributed by atoms with E-state index in [1.807, 2.05) is 37.3 Å². The molecule has 1 heterocycles. The first-order valence-electron chi connectivity index (χ1n) is 11.9. The Hall–Kier alpha value is -4.92. The quantitative estimate of drug-likeness (QED) is 0.129. The second-order valence-electron chi connectivity index (χ2n) is 8.79. The summed E-state index contributed by atoms with van der Waals surface area (Å²) < 4.78 is 11.6. The number of nitro groups is 1. The van der Waals surface area contributed by atoms with Gasteiger partial charge in [0, 0.05) is 17.7 Å². The molecule has 9 heteroatoms. The van der Waals surface area contributed by atoms with Gasteiger partial charge in [-0.15, -0.1) is 6.58 Å². The summed E-state index contributed by atoms with van der Waals surface area (Å²) >= 11 is 0. The molecule has 9 nitrogen and oxygen atoms in total. The standard InChI is InChI=1S/C29H27N3O6/c1-4-7-23-13-22(15-25-28(33)31(29(34)30-25)17-20-9-5-8-19(2)12-20)16-26(37-3)27(23)38-18-21-10-6-11-24(14-21)32(35)36/h4-6,8-16H,1,7,17-18H2,2-3H3,(H,30,34)/b25-15+. The number of hydrogen-bond donors (Lipinski definition) is 1. The molecule has 3 aromatic carbocycles. The molecule has 0 aromatic heterocycles. The molecule has 0 saturated carbocycles. The van der Waals surface area contributed by atoms with Gasteiger partial charge in [0.15, 0.2) is 11.5 Å². The van der Waals surface area contributed by atoms with E-state index < -0.39 is 16.9 Å². The number of allylic oxidation sites excluding steroid dienone is 1. The fourth-order valence-corrected chi connectivity index (χ4v) is 4.18. The van der Waals surface area contributed by atoms with E-state index in [-0.39, 0.29) is 24.5 Å². The van der Waals surface area contributed by atoms with Crippen molar-refractivity contribution < 1.29 is 24.0 Å². The molecule has 0 unspecified atom stereocenters. The maximum Gasteiger partial charge on any atom is 0.329 e. The van der Waals surface area contributed by atoms with Crippen molar-refractivity contribution in [3.63, 3.8) is 0 Å². The smallest absolute Gasteiger partial charge is 0.329 e. The summed E-state index contributed by atoms with van der Waals surface area (Å²) in [6, 6.07) is 16.9. The Balaban J connectivity index is 1.59. The average molecular weight is 514 g/mol. The number of aryl methyl sites for hydroxylation is 1. The summed E-state index contributed by atoms with van der Waals surface area (Å²) in [5.74, 6) is 0.450. The summed E-state index contributed by atoms with van der Waals surface area (Å²) in [6.45, 7) is 6.01. The van der Waals surface area contributed by atoms with Crippen molar-refractivity contribution in [1.29, 1.82) is 0 Å². The van der Waals surface area contributed by atoms with Gasteiger partial charge >= 0.3 is 6.03 Å². The summed E-state index contributed by atoms with van der Waals surface area (Å²) in [7, 11) is 1.50. The van der Waals surface area contributed by atoms with E-state index in [1.165, 1.54) is 24.1 Å². The number of hydrogen-bond acceptors (Lipinski definition) is 6. The molecule has 1 N–H and O–H groups in total. The molecule has 3 aromatic rings. The van der Waals surface area contributed by atoms with Gasteiger partial charge in [0.25, 0.3) is 11.6 Å². The van der Waals surface area contributed by atoms with Crippen LogP contribution in [0.4, 0.5) is 10.5 Å². The Morgan fingerprint density at radius 2 is 1.84 bits per heavy atom. The molecule has 38 heavy (non-hydrogen) atoms. The maximum atomic E-state index is 13.0. The van der Waals surface area contributed by atoms with Crippen LogP contribution in [0.25, 0.3) is 6.08 Å². The first kappa shape index (κ1) is 26.2. The number of nitrogens with zero attached hydrogens (tertiary/aromatic N) is 2. The zero-order valence-electron chi connectivity index (χ0n) is 21.1. The fraction of sp³-hybridized carbons (Fsp3) is 0.172. The van der Waals surface area contributed by atoms with Gasteiger partial charge in [-0.1, -0.05) is 48.0 Å². The minimum atomic E-state index is -0.488. The van der Waals surface area contributed by atoms with Gasteiger partial charge in [-0.3, -0.25) is 19.8 Å². The lowest BCUT2D eigenvalue weighted by Gasteiger charge is -2.16. The molecule has 1 aliphatic heterocycles. The Bertz CT molecular complexity index is 1450. The SMILES string of the molecule is C=CCc1cc(/C=C2/NC(=O)N(Cc3cccc(C)c3)C2=O)cc(OC)c1OCc1cccc([N+](=O)[O-])c1. The first-order valence-corrected chi connectivity index (χ1v) is 11.9. The Labute approximate surface area is 220 Å². The van der Waals surface area contributed by atoms with E-state index in [4.69, 9.17) is 9.47 Å². The van der Waals surface area contributed by atoms with Gasteiger partial charge in [-0.2, -0.15) is 0 Å². The number of ether oxygens (including phenoxy) is 2. The zero-order valence-corrected chi connectivity index (χ0v) is 21.1. The van der Waals surface area contributed by atoms with E-state index in [0.717, 1.165) is 16.7 Å². The highest BCUT2D eigenvalue weighted by Crippen LogP contribution is 2.35. The van der Waals surface area contributed by atoms with Crippen LogP contribution in [-0.2, 0) is 24.4 Å². The molecule has 1 fully saturated rings. The van der Waals surface area contributed by atoms with Gasteiger partial charge in [0.05, 0.1) is 18.6 Å². The minimum Gasteiger partial charge on any atom is -0.493 e. The molecule has 0 spiro atoms. The van der Waals surface area contributed by atoms with Gasteiger partial charge < -0.3 is 14.8 Å². The van der Waals surface area contributed by atoms with Crippen LogP contribution in [0.2, 0.25) is 0 Å². The summed E-state index contributed by atoms with van der Waals surface area (Å²) in [6.07, 6.45) is 3.74. The van der Waals surface area contributed by atoms with Crippen molar-refractivity contribution in [2.24, 2.45) is 0 Å². The average Bonchev–Trinajstić information content (AvgIpc) is 3.15. The highest BCUT2D eigenvalue weighted by molar-refractivity contribution is 6.13. The van der Waals surface area contributed by atoms with Gasteiger partial charge in [-0.25, -0.2) is 4.79 Å². The van der Waals surface area contributed by atoms with Crippen molar-refractivity contribution in [2.45, 2.75) is 26.5 Å². The molecule has 1 aliphatic rings. The number of amides is 3. The van der Waals surface area contributed by atoms with Gasteiger partial charge in [0.2, 0.25) is 0 Å². The number of nitrogens with one attached hydrogen (secondary N) is 1. The molecule has 0 bridgehead atoms. The molecular weight excluding hydrogens is 486 g/mol. The topological polar surface area (TPSA) is 111 Å². The van der Waals surface area contributed by atoms with E-state index in [2.05, 4.69) is 11.9 Å². The number of benzene rings is 3. The second-order valence-corrected chi connectivity index (χ2v) is 8.79. The van der Waals surface area contributed by atoms with Crippen molar-refractivity contribution >= 4 is 23.7 Å². The lowest BCUT2D eigenvalue weighted by atomic mass is 10.0. The Kier molecular flexibility index (Phi) is 7.86. The third kappa shape index (κ3) is 5.89. The first-order chi connectivity index (χ1) is 18.3. The van der Waals surface area contributed by atoms with Crippen LogP contribution in [0, 0.1) is 17.0 Å². The van der Waals surface area contributed by atoms with Crippen LogP contribution in [0.15, 0.2) is 79.0 Å². The molecular formula is C29H27N3O6. The van der Waals surface area contributed by atoms with Crippen molar-refractivity contribution in [3.8, 4) is 11.5 Å². The largest absolute Gasteiger partial charge is 0.493 e. The van der Waals surface area contributed by atoms with Crippen molar-refractivity contribution in [2.75, 3.05) is 7.11 Å². The van der Waals surface area contributed by atoms with Crippen LogP contribution >= 0.6 is 0 Å². The number of nitro benzene ring substituents is 1. The fourth-order valence-electron chi connectivity index (χ4n) is 4.18. The van der Waals surface area contributed by atoms with Crippen LogP contribution < -0.4 is 14.8 Å². The number of carbonyl (C=O) groups is 2. The third-order valence-corrected chi connectivity index (χ3v) is 5.94. The number of imide groups is 1. The number of rotatable bonds is 10. The Morgan fingerprint density at radius 1 is 1.08 bits per heavy atom. The normalized spacial score (nSPS) is 13.9. The molecule has 0 atom stereocenters. The molecule has 0 aliphatic carbocycles. The molecule has 3 amide bonds. The minimum absolute atomic E-state index is 0.0222. The van der Waals surface area contributed by atoms with Crippen molar-refractivity contribution in [3.05, 3.63) is 117 Å². The number of urea groups is 1. The van der Waals surface area contributed by atoms with E-state index >= 15 is 0 Å². The number of methoxy groups -OCH3 is 1. The Morgan fingerprint density at radius 3 is 2.55 bits per heavy atom. The highest BCUT2D eigenvalue weighted by Gasteiger charge is 2.33. The van der Waals surface area contributed by atoms with E-state index in [0.29, 0.717) is 29.0 Å². The van der Waals surface area contributed by atoms with Crippen LogP contribution in [0.5, 0.6) is 11.5 Å². The van der Waals surface area contributed by atoms with E-state index in [1.54, 1.807) is 30.4 Å². The monoisotopic (exact) mass is 513 g/mol. The molecule has 4 rings (SSSR count). The summed E-state index contributed by atoms with van der Waals surface area (Å²) in [5, 5.41) is 13.7. The lowest BCUT2D eigenvalue weighted by molar-refractivity contribution is -0.384. The van der Waals surface area contributed by atoms with E-state index in [9.17, 15) is 19.7 Å². The van der Waals surface area contributed by atoms with Crippen LogP contribution in [-0.4, -0.2) is 28.9 Å². The number of non-ortho nitro benzene ring substituents is 1. The molecule has 0 radical (unpaired) electrons. The predicted octanol–water partition coefficient (Wildman–Crippen LogP) is 5.31. The van der Waals surface area contributed by atoms with Crippen LogP contribution in [0.3, 0.4) is 0 Å². The summed E-state index contributed by atoms with van der Waals surface area (Å²) in [4.78, 5) is 37.4. The lowest BCUT2D eigenvalue weighted by Crippen LogP contribution is -2.30. The van der Waals surface area contributed by atoms with Crippen molar-refractivity contribution in [1.82, 2.24) is 10.2 Å². The predicted molar refractivity (Wildman–Crippen MR) is 143 cm³/mol. The maximum absolute atomic E-state index is 13.0. The van der Waals surface area contributed by atoms with Gasteiger partial charge in [0.1, 0.15) is 12.3 Å². The third-order valence-electron chi connectivity index (χ3n) is 5.94. The molecule has 194 valence electrons. The molecule has 1 saturated heterocycles. The van der Waals surface area contributed by atoms with Gasteiger partial charge in [-0.05, 0) is 48.2 Å². The highest BCUT2D eigenvalue weighted by atomic mass is 16.6. The summed E-state index contributed by atoms with van der Waals surface area (Å²) in [5.41, 5.74) is 4.03. The second kappa shape index (κ2) is 11.4. The van der Waals surface area contributed by atoms with Crippen LogP contribution in [0.1, 0.15) is 27.8 Å².